The highest BCUT2D eigenvalue weighted by atomic mass is 32.2. The molecular weight excluding hydrogens is 496 g/mol. The average molecular weight is 523 g/mol. The minimum Gasteiger partial charge on any atom is -0.396 e. The molecule has 2 aromatic heterocycles. The Morgan fingerprint density at radius 3 is 2.44 bits per heavy atom. The number of sulfonamides is 1. The van der Waals surface area contributed by atoms with Crippen LogP contribution in [0.1, 0.15) is 24.0 Å². The molecule has 4 aromatic rings. The van der Waals surface area contributed by atoms with Gasteiger partial charge in [-0.2, -0.15) is 4.31 Å². The summed E-state index contributed by atoms with van der Waals surface area (Å²) in [5.41, 5.74) is 9.22. The molecule has 0 spiro atoms. The number of nitrogens with zero attached hydrogens (tertiary/aromatic N) is 4. The Labute approximate surface area is 213 Å². The maximum atomic E-state index is 12.9. The lowest BCUT2D eigenvalue weighted by Gasteiger charge is -2.30. The number of aliphatic hydroxyl groups is 1. The average Bonchev–Trinajstić information content (AvgIpc) is 3.28. The highest BCUT2D eigenvalue weighted by Gasteiger charge is 2.29. The molecule has 0 atom stereocenters. The first-order valence-corrected chi connectivity index (χ1v) is 13.8. The first-order valence-electron chi connectivity index (χ1n) is 11.5. The van der Waals surface area contributed by atoms with E-state index in [0.29, 0.717) is 42.7 Å². The van der Waals surface area contributed by atoms with Gasteiger partial charge in [0, 0.05) is 43.3 Å². The summed E-state index contributed by atoms with van der Waals surface area (Å²) in [5.74, 6) is 0.591. The van der Waals surface area contributed by atoms with Crippen molar-refractivity contribution in [3.05, 3.63) is 66.0 Å². The Hall–Kier alpha value is -3.38. The van der Waals surface area contributed by atoms with Gasteiger partial charge in [0.1, 0.15) is 0 Å². The topological polar surface area (TPSA) is 134 Å². The highest BCUT2D eigenvalue weighted by molar-refractivity contribution is 7.89. The number of nitrogen functional groups attached to an aromatic ring is 1. The van der Waals surface area contributed by atoms with Crippen LogP contribution >= 0.6 is 11.3 Å². The van der Waals surface area contributed by atoms with Gasteiger partial charge in [-0.05, 0) is 60.7 Å². The van der Waals surface area contributed by atoms with Crippen molar-refractivity contribution >= 4 is 60.5 Å². The van der Waals surface area contributed by atoms with Crippen LogP contribution in [-0.2, 0) is 10.0 Å². The third-order valence-electron chi connectivity index (χ3n) is 6.15. The molecule has 0 amide bonds. The monoisotopic (exact) mass is 522 g/mol. The molecule has 0 radical (unpaired) electrons. The lowest BCUT2D eigenvalue weighted by Crippen LogP contribution is -2.39. The van der Waals surface area contributed by atoms with E-state index in [4.69, 9.17) is 5.73 Å². The van der Waals surface area contributed by atoms with Crippen molar-refractivity contribution in [3.8, 4) is 0 Å². The molecule has 3 heterocycles. The number of rotatable bonds is 7. The molecule has 2 aromatic carbocycles. The van der Waals surface area contributed by atoms with Crippen molar-refractivity contribution in [3.63, 3.8) is 0 Å². The molecular formula is C25H26N6O3S2. The Kier molecular flexibility index (Phi) is 6.97. The largest absolute Gasteiger partial charge is 0.396 e. The van der Waals surface area contributed by atoms with Crippen molar-refractivity contribution in [2.75, 3.05) is 30.7 Å². The number of aliphatic hydroxyl groups excluding tert-OH is 1. The molecule has 1 saturated heterocycles. The number of aromatic nitrogens is 3. The van der Waals surface area contributed by atoms with Crippen LogP contribution in [0.5, 0.6) is 0 Å². The van der Waals surface area contributed by atoms with E-state index in [1.807, 2.05) is 30.4 Å². The van der Waals surface area contributed by atoms with E-state index in [9.17, 15) is 13.5 Å². The standard InChI is InChI=1S/C25H26N6O3S2/c26-24-30-22-8-3-17(13-23(22)35-24)1-2-19-14-27-25(28-15-19)29-20-4-6-21(7-5-20)36(33,34)31-11-9-18(16-32)10-12-31/h1-8,13-15,18,32H,9-12,16H2,(H2,26,30)(H,27,28,29). The minimum atomic E-state index is -3.55. The van der Waals surface area contributed by atoms with Gasteiger partial charge < -0.3 is 16.2 Å². The zero-order chi connectivity index (χ0) is 25.1. The van der Waals surface area contributed by atoms with Crippen LogP contribution in [0, 0.1) is 5.92 Å². The molecule has 9 nitrogen and oxygen atoms in total. The fourth-order valence-electron chi connectivity index (χ4n) is 4.06. The number of thiazole rings is 1. The van der Waals surface area contributed by atoms with E-state index in [-0.39, 0.29) is 17.4 Å². The second-order valence-electron chi connectivity index (χ2n) is 8.63. The van der Waals surface area contributed by atoms with Gasteiger partial charge in [0.05, 0.1) is 15.1 Å². The van der Waals surface area contributed by atoms with Gasteiger partial charge in [0.2, 0.25) is 16.0 Å². The number of benzene rings is 2. The molecule has 0 aliphatic carbocycles. The lowest BCUT2D eigenvalue weighted by atomic mass is 10.00. The predicted molar refractivity (Wildman–Crippen MR) is 143 cm³/mol. The summed E-state index contributed by atoms with van der Waals surface area (Å²) in [6, 6.07) is 12.5. The third-order valence-corrected chi connectivity index (χ3v) is 8.91. The van der Waals surface area contributed by atoms with E-state index in [1.165, 1.54) is 15.6 Å². The normalized spacial score (nSPS) is 15.6. The lowest BCUT2D eigenvalue weighted by molar-refractivity contribution is 0.170. The summed E-state index contributed by atoms with van der Waals surface area (Å²) in [4.78, 5) is 13.2. The first-order chi connectivity index (χ1) is 17.4. The molecule has 186 valence electrons. The molecule has 0 saturated carbocycles. The Morgan fingerprint density at radius 2 is 1.75 bits per heavy atom. The summed E-state index contributed by atoms with van der Waals surface area (Å²) in [6.45, 7) is 0.959. The number of hydrogen-bond acceptors (Lipinski definition) is 9. The number of piperidine rings is 1. The van der Waals surface area contributed by atoms with Gasteiger partial charge in [-0.1, -0.05) is 29.6 Å². The SMILES string of the molecule is Nc1nc2ccc(C=Cc3cnc(Nc4ccc(S(=O)(=O)N5CCC(CO)CC5)cc4)nc3)cc2s1. The maximum Gasteiger partial charge on any atom is 0.243 e. The molecule has 0 bridgehead atoms. The number of nitrogens with two attached hydrogens (primary N) is 1. The van der Waals surface area contributed by atoms with Crippen LogP contribution in [-0.4, -0.2) is 52.5 Å². The summed E-state index contributed by atoms with van der Waals surface area (Å²) in [6.07, 6.45) is 8.68. The van der Waals surface area contributed by atoms with E-state index in [0.717, 1.165) is 21.3 Å². The second kappa shape index (κ2) is 10.3. The summed E-state index contributed by atoms with van der Waals surface area (Å²) in [7, 11) is -3.55. The fraction of sp³-hybridized carbons (Fsp3) is 0.240. The number of anilines is 3. The van der Waals surface area contributed by atoms with Crippen molar-refractivity contribution in [2.45, 2.75) is 17.7 Å². The van der Waals surface area contributed by atoms with Gasteiger partial charge in [-0.25, -0.2) is 23.4 Å². The molecule has 5 rings (SSSR count). The van der Waals surface area contributed by atoms with E-state index < -0.39 is 10.0 Å². The molecule has 1 aliphatic rings. The second-order valence-corrected chi connectivity index (χ2v) is 11.6. The van der Waals surface area contributed by atoms with E-state index >= 15 is 0 Å². The molecule has 4 N–H and O–H groups in total. The van der Waals surface area contributed by atoms with Crippen LogP contribution in [0.3, 0.4) is 0 Å². The number of fused-ring (bicyclic) bond motifs is 1. The van der Waals surface area contributed by atoms with Crippen LogP contribution in [0.2, 0.25) is 0 Å². The van der Waals surface area contributed by atoms with Crippen LogP contribution < -0.4 is 11.1 Å². The molecule has 36 heavy (non-hydrogen) atoms. The Morgan fingerprint density at radius 1 is 1.06 bits per heavy atom. The van der Waals surface area contributed by atoms with Crippen LogP contribution in [0.25, 0.3) is 22.4 Å². The van der Waals surface area contributed by atoms with Crippen LogP contribution in [0.15, 0.2) is 59.8 Å². The van der Waals surface area contributed by atoms with Gasteiger partial charge in [-0.3, -0.25) is 0 Å². The first kappa shape index (κ1) is 24.3. The fourth-order valence-corrected chi connectivity index (χ4v) is 6.32. The molecule has 1 aliphatic heterocycles. The third kappa shape index (κ3) is 5.39. The van der Waals surface area contributed by atoms with Crippen LogP contribution in [0.4, 0.5) is 16.8 Å². The summed E-state index contributed by atoms with van der Waals surface area (Å²) < 4.78 is 28.4. The highest BCUT2D eigenvalue weighted by Crippen LogP contribution is 2.26. The minimum absolute atomic E-state index is 0.104. The van der Waals surface area contributed by atoms with Gasteiger partial charge >= 0.3 is 0 Å². The van der Waals surface area contributed by atoms with Gasteiger partial charge in [-0.15, -0.1) is 0 Å². The maximum absolute atomic E-state index is 12.9. The Bertz CT molecular complexity index is 1480. The van der Waals surface area contributed by atoms with Crippen molar-refractivity contribution in [1.82, 2.24) is 19.3 Å². The predicted octanol–water partition coefficient (Wildman–Crippen LogP) is 3.98. The zero-order valence-corrected chi connectivity index (χ0v) is 21.0. The zero-order valence-electron chi connectivity index (χ0n) is 19.4. The van der Waals surface area contributed by atoms with Crippen molar-refractivity contribution in [1.29, 1.82) is 0 Å². The van der Waals surface area contributed by atoms with Crippen molar-refractivity contribution in [2.24, 2.45) is 5.92 Å². The quantitative estimate of drug-likeness (QED) is 0.332. The van der Waals surface area contributed by atoms with E-state index in [2.05, 4.69) is 20.3 Å². The number of hydrogen-bond donors (Lipinski definition) is 3. The van der Waals surface area contributed by atoms with E-state index in [1.54, 1.807) is 36.7 Å². The van der Waals surface area contributed by atoms with Gasteiger partial charge in [0.25, 0.3) is 0 Å². The molecule has 0 unspecified atom stereocenters. The molecule has 1 fully saturated rings. The smallest absolute Gasteiger partial charge is 0.243 e. The van der Waals surface area contributed by atoms with Crippen molar-refractivity contribution < 1.29 is 13.5 Å². The summed E-state index contributed by atoms with van der Waals surface area (Å²) in [5, 5.41) is 12.9. The summed E-state index contributed by atoms with van der Waals surface area (Å²) >= 11 is 1.46. The van der Waals surface area contributed by atoms with Gasteiger partial charge in [0.15, 0.2) is 5.13 Å². The number of nitrogens with one attached hydrogen (secondary N) is 1. The Balaban J connectivity index is 1.21. The molecule has 11 heteroatoms.